The van der Waals surface area contributed by atoms with Crippen molar-refractivity contribution in [3.63, 3.8) is 0 Å². The van der Waals surface area contributed by atoms with Crippen molar-refractivity contribution in [2.45, 2.75) is 33.3 Å². The third-order valence-corrected chi connectivity index (χ3v) is 6.26. The summed E-state index contributed by atoms with van der Waals surface area (Å²) in [6.45, 7) is 13.3. The molecule has 4 heterocycles. The van der Waals surface area contributed by atoms with E-state index in [1.807, 2.05) is 33.0 Å². The van der Waals surface area contributed by atoms with Crippen molar-refractivity contribution in [1.82, 2.24) is 24.1 Å². The van der Waals surface area contributed by atoms with Gasteiger partial charge < -0.3 is 24.3 Å². The summed E-state index contributed by atoms with van der Waals surface area (Å²) in [5.41, 5.74) is 2.36. The lowest BCUT2D eigenvalue weighted by Gasteiger charge is -2.37. The lowest BCUT2D eigenvalue weighted by molar-refractivity contribution is 0.0240. The summed E-state index contributed by atoms with van der Waals surface area (Å²) in [6.07, 6.45) is 6.35. The number of carbonyl (C=O) groups excluding carboxylic acids is 2. The molecule has 1 N–H and O–H groups in total. The van der Waals surface area contributed by atoms with Crippen LogP contribution in [-0.2, 0) is 4.74 Å². The number of piperazine rings is 1. The molecular weight excluding hydrogens is 489 g/mol. The minimum Gasteiger partial charge on any atom is -0.444 e. The molecule has 0 atom stereocenters. The number of pyridine rings is 1. The van der Waals surface area contributed by atoms with Crippen molar-refractivity contribution >= 4 is 46.1 Å². The Hall–Kier alpha value is -4.41. The van der Waals surface area contributed by atoms with Crippen LogP contribution >= 0.6 is 0 Å². The first-order valence-electron chi connectivity index (χ1n) is 12.4. The van der Waals surface area contributed by atoms with Gasteiger partial charge in [0.05, 0.1) is 16.9 Å². The first kappa shape index (κ1) is 25.2. The highest BCUT2D eigenvalue weighted by molar-refractivity contribution is 6.14. The van der Waals surface area contributed by atoms with E-state index in [0.29, 0.717) is 48.6 Å². The lowest BCUT2D eigenvalue weighted by atomic mass is 10.1. The second kappa shape index (κ2) is 9.47. The molecule has 11 heteroatoms. The molecule has 4 aromatic rings. The third-order valence-electron chi connectivity index (χ3n) is 6.26. The molecule has 38 heavy (non-hydrogen) atoms. The summed E-state index contributed by atoms with van der Waals surface area (Å²) in [5, 5.41) is 8.10. The predicted octanol–water partition coefficient (Wildman–Crippen LogP) is 4.54. The molecule has 0 saturated carbocycles. The van der Waals surface area contributed by atoms with Gasteiger partial charge in [0.2, 0.25) is 0 Å². The van der Waals surface area contributed by atoms with Gasteiger partial charge in [0.25, 0.3) is 5.91 Å². The van der Waals surface area contributed by atoms with Crippen molar-refractivity contribution in [2.75, 3.05) is 36.4 Å². The SMILES string of the molecule is C=Cn1cc2c(N3CCN(C(=O)OC(C)(C)C)CC3)ccc(C(=O)Nc3cc(F)c4nc(C)cn4c3)c2n1. The Balaban J connectivity index is 1.39. The highest BCUT2D eigenvalue weighted by Gasteiger charge is 2.27. The molecule has 0 unspecified atom stereocenters. The van der Waals surface area contributed by atoms with Crippen LogP contribution in [0.2, 0.25) is 0 Å². The summed E-state index contributed by atoms with van der Waals surface area (Å²) in [6, 6.07) is 4.83. The fourth-order valence-corrected chi connectivity index (χ4v) is 4.56. The highest BCUT2D eigenvalue weighted by atomic mass is 19.1. The molecule has 0 radical (unpaired) electrons. The minimum atomic E-state index is -0.550. The molecule has 1 fully saturated rings. The number of fused-ring (bicyclic) bond motifs is 2. The lowest BCUT2D eigenvalue weighted by Crippen LogP contribution is -2.50. The summed E-state index contributed by atoms with van der Waals surface area (Å²) in [5.74, 6) is -0.945. The summed E-state index contributed by atoms with van der Waals surface area (Å²) in [4.78, 5) is 33.8. The molecule has 0 spiro atoms. The van der Waals surface area contributed by atoms with Gasteiger partial charge in [-0.25, -0.2) is 18.9 Å². The molecule has 1 saturated heterocycles. The van der Waals surface area contributed by atoms with Crippen molar-refractivity contribution < 1.29 is 18.7 Å². The molecule has 5 rings (SSSR count). The van der Waals surface area contributed by atoms with Crippen LogP contribution < -0.4 is 10.2 Å². The first-order chi connectivity index (χ1) is 18.0. The normalized spacial score (nSPS) is 14.2. The molecule has 1 aromatic carbocycles. The number of nitrogens with zero attached hydrogens (tertiary/aromatic N) is 6. The second-order valence-electron chi connectivity index (χ2n) is 10.3. The number of aromatic nitrogens is 4. The number of halogens is 1. The van der Waals surface area contributed by atoms with Crippen LogP contribution in [0.1, 0.15) is 36.8 Å². The van der Waals surface area contributed by atoms with Gasteiger partial charge in [0.15, 0.2) is 11.5 Å². The Labute approximate surface area is 219 Å². The van der Waals surface area contributed by atoms with E-state index in [1.165, 1.54) is 6.07 Å². The number of carbonyl (C=O) groups is 2. The third kappa shape index (κ3) is 4.91. The first-order valence-corrected chi connectivity index (χ1v) is 12.4. The largest absolute Gasteiger partial charge is 0.444 e. The van der Waals surface area contributed by atoms with E-state index in [2.05, 4.69) is 26.9 Å². The maximum absolute atomic E-state index is 14.5. The van der Waals surface area contributed by atoms with Crippen LogP contribution in [-0.4, -0.2) is 67.8 Å². The summed E-state index contributed by atoms with van der Waals surface area (Å²) < 4.78 is 23.1. The zero-order valence-electron chi connectivity index (χ0n) is 21.9. The Morgan fingerprint density at radius 3 is 2.55 bits per heavy atom. The van der Waals surface area contributed by atoms with Crippen LogP contribution in [0.4, 0.5) is 20.6 Å². The monoisotopic (exact) mass is 519 g/mol. The number of nitrogens with one attached hydrogen (secondary N) is 1. The highest BCUT2D eigenvalue weighted by Crippen LogP contribution is 2.31. The molecule has 0 aliphatic carbocycles. The van der Waals surface area contributed by atoms with Crippen molar-refractivity contribution in [3.05, 3.63) is 60.4 Å². The maximum atomic E-state index is 14.5. The molecule has 2 amide bonds. The number of amides is 2. The molecule has 3 aromatic heterocycles. The van der Waals surface area contributed by atoms with E-state index >= 15 is 0 Å². The van der Waals surface area contributed by atoms with Crippen molar-refractivity contribution in [2.24, 2.45) is 0 Å². The fraction of sp³-hybridized carbons (Fsp3) is 0.333. The van der Waals surface area contributed by atoms with Crippen LogP contribution in [0.15, 0.2) is 43.4 Å². The van der Waals surface area contributed by atoms with Crippen LogP contribution in [0.5, 0.6) is 0 Å². The van der Waals surface area contributed by atoms with Crippen LogP contribution in [0.25, 0.3) is 22.8 Å². The van der Waals surface area contributed by atoms with E-state index < -0.39 is 17.3 Å². The number of anilines is 2. The topological polar surface area (TPSA) is 97.0 Å². The van der Waals surface area contributed by atoms with Crippen molar-refractivity contribution in [3.8, 4) is 0 Å². The number of imidazole rings is 1. The van der Waals surface area contributed by atoms with Crippen molar-refractivity contribution in [1.29, 1.82) is 0 Å². The summed E-state index contributed by atoms with van der Waals surface area (Å²) >= 11 is 0. The van der Waals surface area contributed by atoms with Gasteiger partial charge in [-0.3, -0.25) is 4.79 Å². The van der Waals surface area contributed by atoms with E-state index in [-0.39, 0.29) is 11.7 Å². The second-order valence-corrected chi connectivity index (χ2v) is 10.3. The Morgan fingerprint density at radius 1 is 1.13 bits per heavy atom. The number of ether oxygens (including phenoxy) is 1. The smallest absolute Gasteiger partial charge is 0.410 e. The average molecular weight is 520 g/mol. The van der Waals surface area contributed by atoms with Gasteiger partial charge in [-0.05, 0) is 39.8 Å². The molecule has 1 aliphatic heterocycles. The zero-order valence-corrected chi connectivity index (χ0v) is 21.9. The molecular formula is C27H30FN7O3. The maximum Gasteiger partial charge on any atom is 0.410 e. The Morgan fingerprint density at radius 2 is 1.87 bits per heavy atom. The van der Waals surface area contributed by atoms with Gasteiger partial charge in [0.1, 0.15) is 11.1 Å². The number of aryl methyl sites for hydroxylation is 1. The van der Waals surface area contributed by atoms with Crippen LogP contribution in [0.3, 0.4) is 0 Å². The Kier molecular flexibility index (Phi) is 6.29. The standard InChI is InChI=1S/C27H30FN7O3/c1-6-35-16-20-22(32-9-11-33(12-10-32)26(37)38-27(3,4)5)8-7-19(23(20)31-35)25(36)30-18-13-21(28)24-29-17(2)14-34(24)15-18/h6-8,13-16H,1,9-12H2,2-5H3,(H,30,36). The molecule has 0 bridgehead atoms. The van der Waals surface area contributed by atoms with Gasteiger partial charge in [-0.2, -0.15) is 5.10 Å². The number of hydrogen-bond donors (Lipinski definition) is 1. The van der Waals surface area contributed by atoms with E-state index in [9.17, 15) is 14.0 Å². The average Bonchev–Trinajstić information content (AvgIpc) is 3.46. The summed E-state index contributed by atoms with van der Waals surface area (Å²) in [7, 11) is 0. The zero-order chi connectivity index (χ0) is 27.2. The minimum absolute atomic E-state index is 0.198. The quantitative estimate of drug-likeness (QED) is 0.425. The van der Waals surface area contributed by atoms with E-state index in [4.69, 9.17) is 4.74 Å². The van der Waals surface area contributed by atoms with Crippen LogP contribution in [0, 0.1) is 12.7 Å². The van der Waals surface area contributed by atoms with Gasteiger partial charge in [-0.1, -0.05) is 6.58 Å². The molecule has 198 valence electrons. The van der Waals surface area contributed by atoms with Gasteiger partial charge in [-0.15, -0.1) is 0 Å². The number of rotatable bonds is 4. The van der Waals surface area contributed by atoms with E-state index in [0.717, 1.165) is 11.1 Å². The van der Waals surface area contributed by atoms with Gasteiger partial charge >= 0.3 is 6.09 Å². The predicted molar refractivity (Wildman–Crippen MR) is 144 cm³/mol. The number of benzene rings is 1. The number of hydrogen-bond acceptors (Lipinski definition) is 6. The van der Waals surface area contributed by atoms with E-state index in [1.54, 1.807) is 45.6 Å². The fourth-order valence-electron chi connectivity index (χ4n) is 4.56. The Bertz CT molecular complexity index is 1560. The molecule has 1 aliphatic rings. The van der Waals surface area contributed by atoms with Gasteiger partial charge in [0, 0.05) is 68.1 Å². The molecule has 10 nitrogen and oxygen atoms in total.